The fraction of sp³-hybridized carbons (Fsp3) is 0.333. The number of carboxylic acids is 1. The van der Waals surface area contributed by atoms with Crippen molar-refractivity contribution in [2.75, 3.05) is 0 Å². The van der Waals surface area contributed by atoms with E-state index in [1.165, 1.54) is 0 Å². The van der Waals surface area contributed by atoms with Gasteiger partial charge in [0.1, 0.15) is 0 Å². The number of aliphatic imine (C=N–C) groups is 1. The van der Waals surface area contributed by atoms with Crippen LogP contribution < -0.4 is 0 Å². The Kier molecular flexibility index (Phi) is 4.03. The third-order valence-corrected chi connectivity index (χ3v) is 2.35. The minimum Gasteiger partial charge on any atom is -0.481 e. The molecule has 3 nitrogen and oxygen atoms in total. The number of carbonyl (C=O) groups is 1. The topological polar surface area (TPSA) is 49.7 Å². The van der Waals surface area contributed by atoms with E-state index in [0.29, 0.717) is 12.3 Å². The maximum absolute atomic E-state index is 10.7. The van der Waals surface area contributed by atoms with Gasteiger partial charge in [0.2, 0.25) is 0 Å². The summed E-state index contributed by atoms with van der Waals surface area (Å²) in [7, 11) is 0. The molecule has 0 aromatic heterocycles. The van der Waals surface area contributed by atoms with E-state index in [-0.39, 0.29) is 0 Å². The number of benzene rings is 1. The summed E-state index contributed by atoms with van der Waals surface area (Å²) >= 11 is 0. The van der Waals surface area contributed by atoms with Crippen molar-refractivity contribution in [1.82, 2.24) is 0 Å². The summed E-state index contributed by atoms with van der Waals surface area (Å²) in [4.78, 5) is 14.9. The van der Waals surface area contributed by atoms with Crippen LogP contribution >= 0.6 is 0 Å². The van der Waals surface area contributed by atoms with Crippen molar-refractivity contribution >= 4 is 11.7 Å². The molecule has 0 aliphatic rings. The first kappa shape index (κ1) is 11.4. The Labute approximate surface area is 89.5 Å². The average molecular weight is 205 g/mol. The van der Waals surface area contributed by atoms with Gasteiger partial charge in [-0.3, -0.25) is 9.79 Å². The molecule has 1 aromatic carbocycles. The smallest absolute Gasteiger partial charge is 0.311 e. The van der Waals surface area contributed by atoms with Crippen molar-refractivity contribution in [2.45, 2.75) is 20.4 Å². The van der Waals surface area contributed by atoms with Crippen molar-refractivity contribution in [2.24, 2.45) is 10.9 Å². The van der Waals surface area contributed by atoms with E-state index in [0.717, 1.165) is 5.56 Å². The molecule has 3 heteroatoms. The van der Waals surface area contributed by atoms with Crippen LogP contribution in [0.2, 0.25) is 0 Å². The lowest BCUT2D eigenvalue weighted by Gasteiger charge is -2.05. The lowest BCUT2D eigenvalue weighted by atomic mass is 10.1. The lowest BCUT2D eigenvalue weighted by Crippen LogP contribution is -2.17. The normalized spacial score (nSPS) is 13.6. The van der Waals surface area contributed by atoms with Crippen LogP contribution in [0, 0.1) is 5.92 Å². The van der Waals surface area contributed by atoms with Gasteiger partial charge in [0.15, 0.2) is 0 Å². The van der Waals surface area contributed by atoms with Gasteiger partial charge in [0.05, 0.1) is 12.5 Å². The van der Waals surface area contributed by atoms with Crippen LogP contribution in [0.5, 0.6) is 0 Å². The summed E-state index contributed by atoms with van der Waals surface area (Å²) < 4.78 is 0. The van der Waals surface area contributed by atoms with Gasteiger partial charge < -0.3 is 5.11 Å². The van der Waals surface area contributed by atoms with Gasteiger partial charge in [-0.25, -0.2) is 0 Å². The Hall–Kier alpha value is -1.64. The highest BCUT2D eigenvalue weighted by atomic mass is 16.4. The van der Waals surface area contributed by atoms with Gasteiger partial charge in [-0.1, -0.05) is 30.3 Å². The average Bonchev–Trinajstić information content (AvgIpc) is 2.26. The van der Waals surface area contributed by atoms with E-state index in [1.54, 1.807) is 13.8 Å². The molecule has 1 unspecified atom stereocenters. The van der Waals surface area contributed by atoms with E-state index in [4.69, 9.17) is 5.11 Å². The Balaban J connectivity index is 2.62. The molecule has 0 amide bonds. The molecule has 80 valence electrons. The fourth-order valence-corrected chi connectivity index (χ4v) is 1.12. The SMILES string of the molecule is CC(=NCc1ccccc1)C(C)C(=O)O. The van der Waals surface area contributed by atoms with Crippen LogP contribution in [-0.4, -0.2) is 16.8 Å². The lowest BCUT2D eigenvalue weighted by molar-refractivity contribution is -0.138. The molecule has 0 aliphatic heterocycles. The molecule has 0 spiro atoms. The third kappa shape index (κ3) is 3.54. The Morgan fingerprint density at radius 3 is 2.53 bits per heavy atom. The second-order valence-corrected chi connectivity index (χ2v) is 3.50. The quantitative estimate of drug-likeness (QED) is 0.767. The molecule has 1 atom stereocenters. The number of carboxylic acid groups (broad SMARTS) is 1. The van der Waals surface area contributed by atoms with Gasteiger partial charge in [0, 0.05) is 5.71 Å². The Morgan fingerprint density at radius 2 is 2.00 bits per heavy atom. The van der Waals surface area contributed by atoms with Gasteiger partial charge in [-0.05, 0) is 19.4 Å². The van der Waals surface area contributed by atoms with Gasteiger partial charge in [-0.15, -0.1) is 0 Å². The van der Waals surface area contributed by atoms with E-state index in [9.17, 15) is 4.79 Å². The van der Waals surface area contributed by atoms with Gasteiger partial charge in [-0.2, -0.15) is 0 Å². The second-order valence-electron chi connectivity index (χ2n) is 3.50. The van der Waals surface area contributed by atoms with Crippen LogP contribution in [-0.2, 0) is 11.3 Å². The van der Waals surface area contributed by atoms with Crippen molar-refractivity contribution in [3.8, 4) is 0 Å². The Morgan fingerprint density at radius 1 is 1.40 bits per heavy atom. The van der Waals surface area contributed by atoms with Crippen molar-refractivity contribution in [3.63, 3.8) is 0 Å². The first-order valence-corrected chi connectivity index (χ1v) is 4.89. The molecule has 0 radical (unpaired) electrons. The standard InChI is InChI=1S/C12H15NO2/c1-9(12(14)15)10(2)13-8-11-6-4-3-5-7-11/h3-7,9H,8H2,1-2H3,(H,14,15). The largest absolute Gasteiger partial charge is 0.481 e. The number of aliphatic carboxylic acids is 1. The summed E-state index contributed by atoms with van der Waals surface area (Å²) in [6.07, 6.45) is 0. The first-order valence-electron chi connectivity index (χ1n) is 4.89. The molecular weight excluding hydrogens is 190 g/mol. The van der Waals surface area contributed by atoms with E-state index in [1.807, 2.05) is 30.3 Å². The highest BCUT2D eigenvalue weighted by molar-refractivity contribution is 5.99. The predicted molar refractivity (Wildman–Crippen MR) is 60.1 cm³/mol. The molecule has 0 aliphatic carbocycles. The minimum absolute atomic E-state index is 0.506. The summed E-state index contributed by atoms with van der Waals surface area (Å²) in [5, 5.41) is 8.77. The minimum atomic E-state index is -0.829. The number of hydrogen-bond acceptors (Lipinski definition) is 2. The molecule has 15 heavy (non-hydrogen) atoms. The molecule has 0 heterocycles. The zero-order valence-corrected chi connectivity index (χ0v) is 8.97. The fourth-order valence-electron chi connectivity index (χ4n) is 1.12. The third-order valence-electron chi connectivity index (χ3n) is 2.35. The van der Waals surface area contributed by atoms with Crippen molar-refractivity contribution in [1.29, 1.82) is 0 Å². The van der Waals surface area contributed by atoms with E-state index >= 15 is 0 Å². The first-order chi connectivity index (χ1) is 7.11. The molecule has 1 rings (SSSR count). The monoisotopic (exact) mass is 205 g/mol. The van der Waals surface area contributed by atoms with Crippen LogP contribution in [0.15, 0.2) is 35.3 Å². The van der Waals surface area contributed by atoms with Gasteiger partial charge in [0.25, 0.3) is 0 Å². The van der Waals surface area contributed by atoms with Crippen LogP contribution in [0.25, 0.3) is 0 Å². The summed E-state index contributed by atoms with van der Waals surface area (Å²) in [5.41, 5.74) is 1.75. The Bertz CT molecular complexity index is 357. The predicted octanol–water partition coefficient (Wildman–Crippen LogP) is 2.37. The molecular formula is C12H15NO2. The molecule has 0 saturated heterocycles. The highest BCUT2D eigenvalue weighted by Gasteiger charge is 2.13. The molecule has 0 bridgehead atoms. The summed E-state index contributed by atoms with van der Waals surface area (Å²) in [6.45, 7) is 3.94. The number of hydrogen-bond donors (Lipinski definition) is 1. The number of rotatable bonds is 4. The van der Waals surface area contributed by atoms with E-state index < -0.39 is 11.9 Å². The van der Waals surface area contributed by atoms with Crippen molar-refractivity contribution < 1.29 is 9.90 Å². The molecule has 1 N–H and O–H groups in total. The summed E-state index contributed by atoms with van der Waals surface area (Å²) in [5.74, 6) is -1.34. The zero-order chi connectivity index (χ0) is 11.3. The van der Waals surface area contributed by atoms with Crippen LogP contribution in [0.3, 0.4) is 0 Å². The van der Waals surface area contributed by atoms with Crippen molar-refractivity contribution in [3.05, 3.63) is 35.9 Å². The van der Waals surface area contributed by atoms with Gasteiger partial charge >= 0.3 is 5.97 Å². The molecule has 0 fully saturated rings. The zero-order valence-electron chi connectivity index (χ0n) is 8.97. The van der Waals surface area contributed by atoms with Crippen LogP contribution in [0.1, 0.15) is 19.4 Å². The van der Waals surface area contributed by atoms with E-state index in [2.05, 4.69) is 4.99 Å². The molecule has 1 aromatic rings. The highest BCUT2D eigenvalue weighted by Crippen LogP contribution is 2.04. The molecule has 0 saturated carbocycles. The maximum atomic E-state index is 10.7. The maximum Gasteiger partial charge on any atom is 0.311 e. The second kappa shape index (κ2) is 5.29. The number of nitrogens with zero attached hydrogens (tertiary/aromatic N) is 1. The summed E-state index contributed by atoms with van der Waals surface area (Å²) in [6, 6.07) is 9.78. The van der Waals surface area contributed by atoms with Crippen LogP contribution in [0.4, 0.5) is 0 Å².